The van der Waals surface area contributed by atoms with E-state index in [9.17, 15) is 12.3 Å². The molecule has 0 radical (unpaired) electrons. The van der Waals surface area contributed by atoms with E-state index in [-0.39, 0.29) is 11.2 Å². The van der Waals surface area contributed by atoms with Crippen LogP contribution in [-0.2, 0) is 10.2 Å². The molecule has 1 aliphatic carbocycles. The van der Waals surface area contributed by atoms with Gasteiger partial charge in [0.05, 0.1) is 5.75 Å². The first kappa shape index (κ1) is 8.97. The Bertz CT molecular complexity index is 223. The Morgan fingerprint density at radius 1 is 1.45 bits per heavy atom. The Hall–Kier alpha value is -0.120. The Kier molecular flexibility index (Phi) is 2.23. The van der Waals surface area contributed by atoms with Gasteiger partial charge in [-0.05, 0) is 24.7 Å². The Morgan fingerprint density at radius 3 is 2.09 bits per heavy atom. The van der Waals surface area contributed by atoms with Gasteiger partial charge in [-0.25, -0.2) is 0 Å². The van der Waals surface area contributed by atoms with E-state index in [0.717, 1.165) is 25.7 Å². The predicted molar refractivity (Wildman–Crippen MR) is 41.5 cm³/mol. The van der Waals surface area contributed by atoms with Gasteiger partial charge in [0.1, 0.15) is 0 Å². The molecule has 11 heavy (non-hydrogen) atoms. The summed E-state index contributed by atoms with van der Waals surface area (Å²) in [5.74, 6) is -0.267. The summed E-state index contributed by atoms with van der Waals surface area (Å²) in [5, 5.41) is 0. The minimum absolute atomic E-state index is 0.215. The molecule has 0 saturated heterocycles. The fraction of sp³-hybridized carbons (Fsp3) is 1.00. The lowest BCUT2D eigenvalue weighted by atomic mass is 9.69. The van der Waals surface area contributed by atoms with Gasteiger partial charge in [-0.2, -0.15) is 8.42 Å². The van der Waals surface area contributed by atoms with Crippen molar-refractivity contribution in [1.82, 2.24) is 0 Å². The molecule has 4 heteroatoms. The Balaban J connectivity index is 2.59. The number of halogens is 1. The summed E-state index contributed by atoms with van der Waals surface area (Å²) in [4.78, 5) is 0. The maximum Gasteiger partial charge on any atom is 0.302 e. The minimum atomic E-state index is -4.25. The van der Waals surface area contributed by atoms with Crippen molar-refractivity contribution in [1.29, 1.82) is 0 Å². The quantitative estimate of drug-likeness (QED) is 0.621. The molecule has 0 aromatic carbocycles. The number of rotatable bonds is 3. The van der Waals surface area contributed by atoms with Gasteiger partial charge in [0.25, 0.3) is 0 Å². The first-order valence-corrected chi connectivity index (χ1v) is 5.45. The second-order valence-corrected chi connectivity index (χ2v) is 4.76. The van der Waals surface area contributed by atoms with Crippen molar-refractivity contribution in [2.45, 2.75) is 32.6 Å². The molecule has 0 unspecified atom stereocenters. The zero-order valence-electron chi connectivity index (χ0n) is 6.64. The van der Waals surface area contributed by atoms with E-state index in [0.29, 0.717) is 0 Å². The van der Waals surface area contributed by atoms with Crippen molar-refractivity contribution in [3.8, 4) is 0 Å². The Labute approximate surface area is 67.0 Å². The summed E-state index contributed by atoms with van der Waals surface area (Å²) in [6, 6.07) is 0. The maximum atomic E-state index is 12.3. The monoisotopic (exact) mass is 180 g/mol. The van der Waals surface area contributed by atoms with Gasteiger partial charge >= 0.3 is 10.2 Å². The van der Waals surface area contributed by atoms with Crippen molar-refractivity contribution >= 4 is 10.2 Å². The molecule has 0 aromatic heterocycles. The summed E-state index contributed by atoms with van der Waals surface area (Å²) in [5.41, 5.74) is -0.215. The molecule has 0 aliphatic heterocycles. The van der Waals surface area contributed by atoms with E-state index >= 15 is 0 Å². The van der Waals surface area contributed by atoms with Gasteiger partial charge in [0.15, 0.2) is 0 Å². The van der Waals surface area contributed by atoms with Crippen LogP contribution in [0.15, 0.2) is 0 Å². The fourth-order valence-corrected chi connectivity index (χ4v) is 2.87. The molecule has 0 heterocycles. The third-order valence-electron chi connectivity index (χ3n) is 2.64. The van der Waals surface area contributed by atoms with Crippen molar-refractivity contribution < 1.29 is 12.3 Å². The second-order valence-electron chi connectivity index (χ2n) is 3.39. The van der Waals surface area contributed by atoms with Gasteiger partial charge in [0, 0.05) is 0 Å². The maximum absolute atomic E-state index is 12.3. The SMILES string of the molecule is CCC1(CS(=O)(=O)F)CCC1. The summed E-state index contributed by atoms with van der Waals surface area (Å²) in [7, 11) is -4.25. The van der Waals surface area contributed by atoms with E-state index in [4.69, 9.17) is 0 Å². The molecule has 0 atom stereocenters. The van der Waals surface area contributed by atoms with Crippen LogP contribution in [0.5, 0.6) is 0 Å². The highest BCUT2D eigenvalue weighted by atomic mass is 32.3. The molecule has 0 spiro atoms. The molecular formula is C7H13FO2S. The zero-order chi connectivity index (χ0) is 8.54. The summed E-state index contributed by atoms with van der Waals surface area (Å²) in [6.45, 7) is 1.92. The third-order valence-corrected chi connectivity index (χ3v) is 3.60. The second kappa shape index (κ2) is 2.73. The van der Waals surface area contributed by atoms with Gasteiger partial charge in [-0.3, -0.25) is 0 Å². The topological polar surface area (TPSA) is 34.1 Å². The van der Waals surface area contributed by atoms with E-state index < -0.39 is 10.2 Å². The van der Waals surface area contributed by atoms with Gasteiger partial charge < -0.3 is 0 Å². The van der Waals surface area contributed by atoms with Crippen LogP contribution in [0.3, 0.4) is 0 Å². The highest BCUT2D eigenvalue weighted by Crippen LogP contribution is 2.44. The van der Waals surface area contributed by atoms with Crippen molar-refractivity contribution in [2.75, 3.05) is 5.75 Å². The van der Waals surface area contributed by atoms with Crippen LogP contribution >= 0.6 is 0 Å². The van der Waals surface area contributed by atoms with Crippen LogP contribution in [0, 0.1) is 5.41 Å². The lowest BCUT2D eigenvalue weighted by molar-refractivity contribution is 0.157. The van der Waals surface area contributed by atoms with Crippen LogP contribution in [0.1, 0.15) is 32.6 Å². The van der Waals surface area contributed by atoms with Gasteiger partial charge in [-0.15, -0.1) is 3.89 Å². The summed E-state index contributed by atoms with van der Waals surface area (Å²) >= 11 is 0. The van der Waals surface area contributed by atoms with E-state index in [1.165, 1.54) is 0 Å². The van der Waals surface area contributed by atoms with E-state index in [1.807, 2.05) is 6.92 Å². The number of hydrogen-bond donors (Lipinski definition) is 0. The molecule has 1 aliphatic rings. The standard InChI is InChI=1S/C7H13FO2S/c1-2-7(4-3-5-7)6-11(8,9)10/h2-6H2,1H3. The molecule has 0 bridgehead atoms. The normalized spacial score (nSPS) is 22.7. The van der Waals surface area contributed by atoms with Crippen molar-refractivity contribution in [3.05, 3.63) is 0 Å². The first-order valence-electron chi connectivity index (χ1n) is 3.90. The average Bonchev–Trinajstić information content (AvgIpc) is 1.77. The summed E-state index contributed by atoms with van der Waals surface area (Å²) < 4.78 is 32.9. The summed E-state index contributed by atoms with van der Waals surface area (Å²) in [6.07, 6.45) is 3.55. The lowest BCUT2D eigenvalue weighted by Gasteiger charge is -2.39. The predicted octanol–water partition coefficient (Wildman–Crippen LogP) is 1.87. The molecule has 1 fully saturated rings. The lowest BCUT2D eigenvalue weighted by Crippen LogP contribution is -2.34. The minimum Gasteiger partial charge on any atom is -0.195 e. The molecule has 0 amide bonds. The van der Waals surface area contributed by atoms with Crippen LogP contribution in [0.25, 0.3) is 0 Å². The molecule has 1 saturated carbocycles. The van der Waals surface area contributed by atoms with Crippen molar-refractivity contribution in [3.63, 3.8) is 0 Å². The van der Waals surface area contributed by atoms with Gasteiger partial charge in [-0.1, -0.05) is 13.3 Å². The van der Waals surface area contributed by atoms with Crippen LogP contribution in [0.2, 0.25) is 0 Å². The third kappa shape index (κ3) is 2.15. The van der Waals surface area contributed by atoms with Crippen LogP contribution in [0.4, 0.5) is 3.89 Å². The molecule has 0 aromatic rings. The molecule has 0 N–H and O–H groups in total. The first-order chi connectivity index (χ1) is 4.97. The largest absolute Gasteiger partial charge is 0.302 e. The smallest absolute Gasteiger partial charge is 0.195 e. The zero-order valence-corrected chi connectivity index (χ0v) is 7.45. The van der Waals surface area contributed by atoms with Crippen LogP contribution in [-0.4, -0.2) is 14.2 Å². The molecule has 2 nitrogen and oxygen atoms in total. The van der Waals surface area contributed by atoms with E-state index in [1.54, 1.807) is 0 Å². The van der Waals surface area contributed by atoms with Gasteiger partial charge in [0.2, 0.25) is 0 Å². The van der Waals surface area contributed by atoms with Crippen LogP contribution < -0.4 is 0 Å². The molecule has 1 rings (SSSR count). The number of hydrogen-bond acceptors (Lipinski definition) is 2. The highest BCUT2D eigenvalue weighted by molar-refractivity contribution is 7.86. The average molecular weight is 180 g/mol. The van der Waals surface area contributed by atoms with Crippen molar-refractivity contribution in [2.24, 2.45) is 5.41 Å². The van der Waals surface area contributed by atoms with E-state index in [2.05, 4.69) is 0 Å². The Morgan fingerprint density at radius 2 is 2.00 bits per heavy atom. The molecule has 66 valence electrons. The highest BCUT2D eigenvalue weighted by Gasteiger charge is 2.39. The molecular weight excluding hydrogens is 167 g/mol. The fourth-order valence-electron chi connectivity index (χ4n) is 1.64.